The van der Waals surface area contributed by atoms with E-state index in [0.29, 0.717) is 11.7 Å². The topological polar surface area (TPSA) is 66.9 Å². The third-order valence-corrected chi connectivity index (χ3v) is 6.84. The van der Waals surface area contributed by atoms with E-state index in [-0.39, 0.29) is 5.91 Å². The van der Waals surface area contributed by atoms with E-state index in [1.807, 2.05) is 24.3 Å². The van der Waals surface area contributed by atoms with Crippen molar-refractivity contribution in [2.75, 3.05) is 16.4 Å². The first-order valence-corrected chi connectivity index (χ1v) is 11.5. The van der Waals surface area contributed by atoms with Gasteiger partial charge in [-0.15, -0.1) is 10.2 Å². The quantitative estimate of drug-likeness (QED) is 0.423. The van der Waals surface area contributed by atoms with Gasteiger partial charge in [-0.05, 0) is 61.1 Å². The van der Waals surface area contributed by atoms with E-state index >= 15 is 0 Å². The second-order valence-electron chi connectivity index (χ2n) is 7.03. The molecule has 1 aromatic heterocycles. The first kappa shape index (κ1) is 21.3. The molecule has 3 aromatic rings. The number of hydrogen-bond donors (Lipinski definition) is 2. The summed E-state index contributed by atoms with van der Waals surface area (Å²) in [6.45, 7) is 8.49. The average Bonchev–Trinajstić information content (AvgIpc) is 3.16. The van der Waals surface area contributed by atoms with Crippen LogP contribution in [-0.4, -0.2) is 21.9 Å². The Balaban J connectivity index is 1.56. The van der Waals surface area contributed by atoms with E-state index in [0.717, 1.165) is 27.3 Å². The van der Waals surface area contributed by atoms with Crippen molar-refractivity contribution in [2.45, 2.75) is 44.4 Å². The summed E-state index contributed by atoms with van der Waals surface area (Å²) in [5.41, 5.74) is 5.53. The molecule has 5 nitrogen and oxygen atoms in total. The number of aryl methyl sites for hydroxylation is 2. The highest BCUT2D eigenvalue weighted by atomic mass is 32.2. The summed E-state index contributed by atoms with van der Waals surface area (Å²) in [4.78, 5) is 12.4. The van der Waals surface area contributed by atoms with E-state index in [1.54, 1.807) is 0 Å². The van der Waals surface area contributed by atoms with Crippen molar-refractivity contribution >= 4 is 45.5 Å². The maximum absolute atomic E-state index is 12.4. The standard InChI is InChI=1S/C22H26N4OS2/c1-5-14(2)18-8-6-7-9-19(18)24-20(27)13-28-22-26-25-21(29-22)23-17-11-10-15(3)16(4)12-17/h6-12,14H,5,13H2,1-4H3,(H,23,25)(H,24,27)/t14-/m0/s1. The third-order valence-electron chi connectivity index (χ3n) is 4.87. The molecule has 152 valence electrons. The number of carbonyl (C=O) groups is 1. The van der Waals surface area contributed by atoms with E-state index in [4.69, 9.17) is 0 Å². The molecular formula is C22H26N4OS2. The molecular weight excluding hydrogens is 400 g/mol. The van der Waals surface area contributed by atoms with E-state index in [1.165, 1.54) is 39.8 Å². The number of nitrogens with zero attached hydrogens (tertiary/aromatic N) is 2. The van der Waals surface area contributed by atoms with E-state index in [2.05, 4.69) is 66.7 Å². The minimum Gasteiger partial charge on any atom is -0.330 e. The predicted octanol–water partition coefficient (Wildman–Crippen LogP) is 6.14. The number of hydrogen-bond acceptors (Lipinski definition) is 6. The maximum atomic E-state index is 12.4. The molecule has 2 N–H and O–H groups in total. The summed E-state index contributed by atoms with van der Waals surface area (Å²) in [6.07, 6.45) is 1.03. The van der Waals surface area contributed by atoms with Crippen LogP contribution in [0.4, 0.5) is 16.5 Å². The SMILES string of the molecule is CC[C@H](C)c1ccccc1NC(=O)CSc1nnc(Nc2ccc(C)c(C)c2)s1. The van der Waals surface area contributed by atoms with Crippen LogP contribution >= 0.6 is 23.1 Å². The molecule has 1 heterocycles. The Morgan fingerprint density at radius 1 is 1.14 bits per heavy atom. The molecule has 29 heavy (non-hydrogen) atoms. The van der Waals surface area contributed by atoms with Crippen LogP contribution in [-0.2, 0) is 4.79 Å². The molecule has 2 aromatic carbocycles. The molecule has 0 aliphatic rings. The Morgan fingerprint density at radius 2 is 1.93 bits per heavy atom. The van der Waals surface area contributed by atoms with Gasteiger partial charge in [-0.1, -0.05) is 61.2 Å². The van der Waals surface area contributed by atoms with Gasteiger partial charge in [-0.3, -0.25) is 4.79 Å². The number of amides is 1. The Morgan fingerprint density at radius 3 is 2.69 bits per heavy atom. The van der Waals surface area contributed by atoms with Crippen molar-refractivity contribution in [3.63, 3.8) is 0 Å². The van der Waals surface area contributed by atoms with Crippen LogP contribution in [0.25, 0.3) is 0 Å². The lowest BCUT2D eigenvalue weighted by Gasteiger charge is -2.15. The van der Waals surface area contributed by atoms with Crippen LogP contribution in [0.2, 0.25) is 0 Å². The summed E-state index contributed by atoms with van der Waals surface area (Å²) >= 11 is 2.84. The Bertz CT molecular complexity index is 986. The lowest BCUT2D eigenvalue weighted by Crippen LogP contribution is -2.15. The second kappa shape index (κ2) is 9.89. The minimum absolute atomic E-state index is 0.0374. The van der Waals surface area contributed by atoms with Crippen molar-refractivity contribution in [3.05, 3.63) is 59.2 Å². The molecule has 0 fully saturated rings. The number of rotatable bonds is 8. The average molecular weight is 427 g/mol. The highest BCUT2D eigenvalue weighted by Crippen LogP contribution is 2.29. The molecule has 0 saturated heterocycles. The zero-order chi connectivity index (χ0) is 20.8. The smallest absolute Gasteiger partial charge is 0.234 e. The van der Waals surface area contributed by atoms with Gasteiger partial charge in [0.2, 0.25) is 11.0 Å². The van der Waals surface area contributed by atoms with Crippen molar-refractivity contribution in [1.29, 1.82) is 0 Å². The number of aromatic nitrogens is 2. The van der Waals surface area contributed by atoms with Crippen molar-refractivity contribution in [2.24, 2.45) is 0 Å². The van der Waals surface area contributed by atoms with Gasteiger partial charge in [0.25, 0.3) is 0 Å². The first-order chi connectivity index (χ1) is 14.0. The number of carbonyl (C=O) groups excluding carboxylic acids is 1. The van der Waals surface area contributed by atoms with Crippen LogP contribution in [0.3, 0.4) is 0 Å². The van der Waals surface area contributed by atoms with E-state index in [9.17, 15) is 4.79 Å². The lowest BCUT2D eigenvalue weighted by atomic mass is 9.97. The van der Waals surface area contributed by atoms with Gasteiger partial charge in [0.05, 0.1) is 5.75 Å². The fourth-order valence-electron chi connectivity index (χ4n) is 2.84. The van der Waals surface area contributed by atoms with Crippen molar-refractivity contribution in [1.82, 2.24) is 10.2 Å². The summed E-state index contributed by atoms with van der Waals surface area (Å²) in [7, 11) is 0. The van der Waals surface area contributed by atoms with Gasteiger partial charge >= 0.3 is 0 Å². The molecule has 0 saturated carbocycles. The fraction of sp³-hybridized carbons (Fsp3) is 0.318. The lowest BCUT2D eigenvalue weighted by molar-refractivity contribution is -0.113. The summed E-state index contributed by atoms with van der Waals surface area (Å²) in [5.74, 6) is 0.665. The predicted molar refractivity (Wildman–Crippen MR) is 124 cm³/mol. The highest BCUT2D eigenvalue weighted by Gasteiger charge is 2.13. The summed E-state index contributed by atoms with van der Waals surface area (Å²) in [5, 5.41) is 15.4. The number of nitrogens with one attached hydrogen (secondary N) is 2. The van der Waals surface area contributed by atoms with E-state index < -0.39 is 0 Å². The molecule has 0 aliphatic heterocycles. The maximum Gasteiger partial charge on any atom is 0.234 e. The van der Waals surface area contributed by atoms with Gasteiger partial charge in [-0.2, -0.15) is 0 Å². The normalized spacial score (nSPS) is 11.9. The van der Waals surface area contributed by atoms with Crippen LogP contribution in [0.1, 0.15) is 42.9 Å². The summed E-state index contributed by atoms with van der Waals surface area (Å²) in [6, 6.07) is 14.2. The van der Waals surface area contributed by atoms with Gasteiger partial charge in [0, 0.05) is 11.4 Å². The molecule has 0 spiro atoms. The second-order valence-corrected chi connectivity index (χ2v) is 9.23. The van der Waals surface area contributed by atoms with Crippen molar-refractivity contribution < 1.29 is 4.79 Å². The van der Waals surface area contributed by atoms with Gasteiger partial charge in [-0.25, -0.2) is 0 Å². The van der Waals surface area contributed by atoms with Crippen LogP contribution in [0.15, 0.2) is 46.8 Å². The van der Waals surface area contributed by atoms with Crippen molar-refractivity contribution in [3.8, 4) is 0 Å². The Kier molecular flexibility index (Phi) is 7.28. The molecule has 1 atom stereocenters. The Labute approximate surface area is 180 Å². The number of anilines is 3. The zero-order valence-electron chi connectivity index (χ0n) is 17.2. The molecule has 0 unspecified atom stereocenters. The molecule has 7 heteroatoms. The third kappa shape index (κ3) is 5.81. The molecule has 0 bridgehead atoms. The largest absolute Gasteiger partial charge is 0.330 e. The van der Waals surface area contributed by atoms with Gasteiger partial charge in [0.1, 0.15) is 0 Å². The van der Waals surface area contributed by atoms with Crippen LogP contribution in [0.5, 0.6) is 0 Å². The van der Waals surface area contributed by atoms with Crippen LogP contribution < -0.4 is 10.6 Å². The minimum atomic E-state index is -0.0374. The number of para-hydroxylation sites is 1. The summed E-state index contributed by atoms with van der Waals surface area (Å²) < 4.78 is 0.765. The van der Waals surface area contributed by atoms with Gasteiger partial charge in [0.15, 0.2) is 4.34 Å². The van der Waals surface area contributed by atoms with Gasteiger partial charge < -0.3 is 10.6 Å². The highest BCUT2D eigenvalue weighted by molar-refractivity contribution is 8.01. The molecule has 1 amide bonds. The number of benzene rings is 2. The van der Waals surface area contributed by atoms with Crippen LogP contribution in [0, 0.1) is 13.8 Å². The monoisotopic (exact) mass is 426 g/mol. The zero-order valence-corrected chi connectivity index (χ0v) is 18.8. The fourth-order valence-corrected chi connectivity index (χ4v) is 4.41. The molecule has 0 radical (unpaired) electrons. The number of thioether (sulfide) groups is 1. The molecule has 0 aliphatic carbocycles. The Hall–Kier alpha value is -2.38. The molecule has 3 rings (SSSR count). The first-order valence-electron chi connectivity index (χ1n) is 9.65.